The number of anilines is 2. The minimum absolute atomic E-state index is 0.0417. The quantitative estimate of drug-likeness (QED) is 0.320. The third-order valence-corrected chi connectivity index (χ3v) is 6.58. The Balaban J connectivity index is 1.42. The number of hydrogen-bond donors (Lipinski definition) is 3. The van der Waals surface area contributed by atoms with Gasteiger partial charge in [-0.2, -0.15) is 4.98 Å². The van der Waals surface area contributed by atoms with E-state index in [2.05, 4.69) is 25.7 Å². The van der Waals surface area contributed by atoms with Gasteiger partial charge in [-0.25, -0.2) is 23.3 Å². The van der Waals surface area contributed by atoms with Crippen LogP contribution in [0.3, 0.4) is 0 Å². The fraction of sp³-hybridized carbons (Fsp3) is 0.500. The number of ether oxygens (including phenoxy) is 1. The van der Waals surface area contributed by atoms with Crippen molar-refractivity contribution >= 4 is 28.4 Å². The zero-order valence-electron chi connectivity index (χ0n) is 20.3. The van der Waals surface area contributed by atoms with E-state index >= 15 is 0 Å². The Morgan fingerprint density at radius 1 is 1.14 bits per heavy atom. The lowest BCUT2D eigenvalue weighted by Crippen LogP contribution is -2.31. The number of nitrogens with zero attached hydrogens (tertiary/aromatic N) is 6. The smallest absolute Gasteiger partial charge is 0.256 e. The van der Waals surface area contributed by atoms with E-state index in [4.69, 9.17) is 14.8 Å². The van der Waals surface area contributed by atoms with Crippen molar-refractivity contribution in [2.24, 2.45) is 0 Å². The largest absolute Gasteiger partial charge is 0.394 e. The molecule has 0 aromatic carbocycles. The van der Waals surface area contributed by atoms with Gasteiger partial charge in [-0.3, -0.25) is 0 Å². The molecule has 1 aliphatic rings. The third-order valence-electron chi connectivity index (χ3n) is 6.58. The van der Waals surface area contributed by atoms with Gasteiger partial charge in [0.25, 0.3) is 6.43 Å². The molecule has 4 aromatic rings. The minimum atomic E-state index is -2.50. The molecule has 36 heavy (non-hydrogen) atoms. The maximum atomic E-state index is 13.1. The monoisotopic (exact) mass is 500 g/mol. The first-order valence-electron chi connectivity index (χ1n) is 12.2. The number of aliphatic hydroxyl groups excluding tert-OH is 1. The van der Waals surface area contributed by atoms with Gasteiger partial charge in [0.2, 0.25) is 5.95 Å². The van der Waals surface area contributed by atoms with E-state index in [1.54, 1.807) is 24.6 Å². The lowest BCUT2D eigenvalue weighted by Gasteiger charge is -2.29. The molecular formula is C24H30F2N8O2. The summed E-state index contributed by atoms with van der Waals surface area (Å²) in [6, 6.07) is 5.76. The molecule has 0 bridgehead atoms. The molecule has 12 heteroatoms. The number of aryl methyl sites for hydroxylation is 1. The van der Waals surface area contributed by atoms with Gasteiger partial charge in [0.15, 0.2) is 11.5 Å². The number of nitrogens with one attached hydrogen (secondary N) is 2. The second-order valence-electron chi connectivity index (χ2n) is 8.97. The molecule has 1 aliphatic carbocycles. The van der Waals surface area contributed by atoms with Crippen molar-refractivity contribution in [3.63, 3.8) is 0 Å². The molecule has 3 N–H and O–H groups in total. The molecule has 0 atom stereocenters. The van der Waals surface area contributed by atoms with Crippen molar-refractivity contribution in [1.82, 2.24) is 29.1 Å². The third kappa shape index (κ3) is 4.82. The Morgan fingerprint density at radius 3 is 2.67 bits per heavy atom. The van der Waals surface area contributed by atoms with E-state index in [1.807, 2.05) is 18.3 Å². The van der Waals surface area contributed by atoms with Crippen LogP contribution in [0.1, 0.15) is 31.5 Å². The number of aromatic nitrogens is 6. The summed E-state index contributed by atoms with van der Waals surface area (Å²) in [5, 5.41) is 20.2. The van der Waals surface area contributed by atoms with Crippen LogP contribution in [0.15, 0.2) is 24.4 Å². The summed E-state index contributed by atoms with van der Waals surface area (Å²) in [6.45, 7) is 1.66. The summed E-state index contributed by atoms with van der Waals surface area (Å²) in [4.78, 5) is 13.8. The number of hydrogen-bond acceptors (Lipinski definition) is 8. The normalized spacial score (nSPS) is 18.4. The van der Waals surface area contributed by atoms with Crippen LogP contribution in [0, 0.1) is 6.92 Å². The van der Waals surface area contributed by atoms with Gasteiger partial charge >= 0.3 is 0 Å². The van der Waals surface area contributed by atoms with E-state index < -0.39 is 13.0 Å². The Labute approximate surface area is 206 Å². The molecule has 0 amide bonds. The lowest BCUT2D eigenvalue weighted by molar-refractivity contribution is 0.00719. The van der Waals surface area contributed by atoms with Gasteiger partial charge in [-0.1, -0.05) is 0 Å². The fourth-order valence-electron chi connectivity index (χ4n) is 4.86. The van der Waals surface area contributed by atoms with E-state index in [1.165, 1.54) is 4.57 Å². The second-order valence-corrected chi connectivity index (χ2v) is 8.97. The molecule has 4 aromatic heterocycles. The number of pyridine rings is 1. The van der Waals surface area contributed by atoms with Gasteiger partial charge in [0.1, 0.15) is 16.9 Å². The van der Waals surface area contributed by atoms with Crippen molar-refractivity contribution in [1.29, 1.82) is 0 Å². The van der Waals surface area contributed by atoms with Crippen LogP contribution in [0.2, 0.25) is 0 Å². The van der Waals surface area contributed by atoms with Gasteiger partial charge < -0.3 is 25.0 Å². The van der Waals surface area contributed by atoms with Crippen LogP contribution < -0.4 is 10.6 Å². The first-order chi connectivity index (χ1) is 17.5. The lowest BCUT2D eigenvalue weighted by atomic mass is 9.93. The molecule has 1 fully saturated rings. The zero-order valence-corrected chi connectivity index (χ0v) is 20.3. The van der Waals surface area contributed by atoms with Gasteiger partial charge in [-0.05, 0) is 50.8 Å². The zero-order chi connectivity index (χ0) is 25.2. The number of aliphatic hydroxyl groups is 1. The Morgan fingerprint density at radius 2 is 1.94 bits per heavy atom. The standard InChI is InChI=1S/C24H30F2N8O2/c1-14-28-19-8-7-18(30-23(19)33(14)13-20(25)26)17-9-10-34-21(17)22(27-2)31-24(32-34)29-15-3-5-16(6-4-15)36-12-11-35/h7-10,15-16,20,35H,3-6,11-13H2,1-2H3,(H2,27,29,31,32). The van der Waals surface area contributed by atoms with E-state index in [0.717, 1.165) is 36.8 Å². The van der Waals surface area contributed by atoms with Crippen LogP contribution >= 0.6 is 0 Å². The average molecular weight is 501 g/mol. The molecule has 0 aliphatic heterocycles. The minimum Gasteiger partial charge on any atom is -0.394 e. The highest BCUT2D eigenvalue weighted by molar-refractivity contribution is 5.89. The van der Waals surface area contributed by atoms with Crippen molar-refractivity contribution in [3.05, 3.63) is 30.2 Å². The molecule has 1 saturated carbocycles. The number of rotatable bonds is 9. The molecule has 4 heterocycles. The number of halogens is 2. The Hall–Kier alpha value is -3.38. The summed E-state index contributed by atoms with van der Waals surface area (Å²) in [6.07, 6.45) is 3.22. The summed E-state index contributed by atoms with van der Waals surface area (Å²) < 4.78 is 35.1. The Kier molecular flexibility index (Phi) is 6.97. The summed E-state index contributed by atoms with van der Waals surface area (Å²) >= 11 is 0. The predicted octanol–water partition coefficient (Wildman–Crippen LogP) is 3.49. The highest BCUT2D eigenvalue weighted by Crippen LogP contribution is 2.31. The van der Waals surface area contributed by atoms with Crippen molar-refractivity contribution in [3.8, 4) is 11.3 Å². The molecule has 0 spiro atoms. The van der Waals surface area contributed by atoms with Crippen molar-refractivity contribution in [2.75, 3.05) is 30.9 Å². The molecule has 0 saturated heterocycles. The van der Waals surface area contributed by atoms with Crippen molar-refractivity contribution < 1.29 is 18.6 Å². The van der Waals surface area contributed by atoms with Crippen LogP contribution in [-0.2, 0) is 11.3 Å². The van der Waals surface area contributed by atoms with Crippen LogP contribution in [0.4, 0.5) is 20.5 Å². The second kappa shape index (κ2) is 10.3. The summed E-state index contributed by atoms with van der Waals surface area (Å²) in [7, 11) is 1.80. The van der Waals surface area contributed by atoms with Gasteiger partial charge in [-0.15, -0.1) is 5.10 Å². The van der Waals surface area contributed by atoms with Crippen molar-refractivity contribution in [2.45, 2.75) is 57.7 Å². The SMILES string of the molecule is CNc1nc(NC2CCC(OCCO)CC2)nn2ccc(-c3ccc4nc(C)n(CC(F)F)c4n3)c12. The topological polar surface area (TPSA) is 114 Å². The predicted molar refractivity (Wildman–Crippen MR) is 133 cm³/mol. The first kappa shape index (κ1) is 24.3. The van der Waals surface area contributed by atoms with E-state index in [9.17, 15) is 8.78 Å². The summed E-state index contributed by atoms with van der Waals surface area (Å²) in [5.74, 6) is 1.65. The van der Waals surface area contributed by atoms with Crippen LogP contribution in [-0.4, -0.2) is 73.1 Å². The van der Waals surface area contributed by atoms with Gasteiger partial charge in [0.05, 0.1) is 31.6 Å². The van der Waals surface area contributed by atoms with Gasteiger partial charge in [0, 0.05) is 24.8 Å². The Bertz CT molecular complexity index is 1350. The van der Waals surface area contributed by atoms with E-state index in [0.29, 0.717) is 41.1 Å². The molecule has 5 rings (SSSR count). The molecule has 192 valence electrons. The van der Waals surface area contributed by atoms with Crippen LogP contribution in [0.5, 0.6) is 0 Å². The fourth-order valence-corrected chi connectivity index (χ4v) is 4.86. The van der Waals surface area contributed by atoms with Crippen LogP contribution in [0.25, 0.3) is 27.9 Å². The maximum Gasteiger partial charge on any atom is 0.256 e. The van der Waals surface area contributed by atoms with E-state index in [-0.39, 0.29) is 18.8 Å². The number of alkyl halides is 2. The highest BCUT2D eigenvalue weighted by atomic mass is 19.3. The highest BCUT2D eigenvalue weighted by Gasteiger charge is 2.23. The maximum absolute atomic E-state index is 13.1. The molecular weight excluding hydrogens is 470 g/mol. The number of imidazole rings is 1. The molecule has 10 nitrogen and oxygen atoms in total. The molecule has 0 unspecified atom stereocenters. The first-order valence-corrected chi connectivity index (χ1v) is 12.2. The number of fused-ring (bicyclic) bond motifs is 2. The molecule has 0 radical (unpaired) electrons. The summed E-state index contributed by atoms with van der Waals surface area (Å²) in [5.41, 5.74) is 3.16. The average Bonchev–Trinajstić information content (AvgIpc) is 3.43.